The van der Waals surface area contributed by atoms with Crippen LogP contribution < -0.4 is 10.6 Å². The molecular weight excluding hydrogens is 274 g/mol. The minimum absolute atomic E-state index is 0.0554. The van der Waals surface area contributed by atoms with Crippen LogP contribution in [0.2, 0.25) is 0 Å². The molecule has 1 aromatic carbocycles. The van der Waals surface area contributed by atoms with Crippen molar-refractivity contribution in [3.05, 3.63) is 27.8 Å². The number of carbonyl (C=O) groups excluding carboxylic acids is 1. The molecule has 0 atom stereocenters. The van der Waals surface area contributed by atoms with Crippen LogP contribution in [-0.4, -0.2) is 30.1 Å². The van der Waals surface area contributed by atoms with Gasteiger partial charge in [0.15, 0.2) is 0 Å². The summed E-state index contributed by atoms with van der Waals surface area (Å²) in [5, 5.41) is 17.1. The van der Waals surface area contributed by atoms with Crippen LogP contribution in [-0.2, 0) is 16.0 Å². The molecule has 7 nitrogen and oxygen atoms in total. The van der Waals surface area contributed by atoms with Crippen molar-refractivity contribution < 1.29 is 14.5 Å². The Morgan fingerprint density at radius 2 is 2.14 bits per heavy atom. The van der Waals surface area contributed by atoms with Crippen molar-refractivity contribution in [3.8, 4) is 0 Å². The van der Waals surface area contributed by atoms with E-state index in [9.17, 15) is 14.9 Å². The third kappa shape index (κ3) is 3.49. The van der Waals surface area contributed by atoms with E-state index in [-0.39, 0.29) is 11.6 Å². The van der Waals surface area contributed by atoms with Crippen LogP contribution in [0.1, 0.15) is 25.8 Å². The fourth-order valence-electron chi connectivity index (χ4n) is 2.43. The molecule has 1 aliphatic rings. The van der Waals surface area contributed by atoms with Gasteiger partial charge in [-0.15, -0.1) is 0 Å². The van der Waals surface area contributed by atoms with Gasteiger partial charge in [-0.3, -0.25) is 14.9 Å². The Labute approximate surface area is 122 Å². The van der Waals surface area contributed by atoms with Crippen LogP contribution in [0.25, 0.3) is 0 Å². The summed E-state index contributed by atoms with van der Waals surface area (Å²) < 4.78 is 5.12. The number of rotatable bonds is 5. The van der Waals surface area contributed by atoms with Gasteiger partial charge in [-0.25, -0.2) is 0 Å². The Hall–Kier alpha value is -2.15. The molecule has 0 radical (unpaired) electrons. The third-order valence-corrected chi connectivity index (χ3v) is 3.29. The van der Waals surface area contributed by atoms with Gasteiger partial charge in [-0.2, -0.15) is 0 Å². The van der Waals surface area contributed by atoms with Gasteiger partial charge in [0.25, 0.3) is 5.69 Å². The lowest BCUT2D eigenvalue weighted by Crippen LogP contribution is -2.36. The van der Waals surface area contributed by atoms with Crippen LogP contribution in [0.15, 0.2) is 12.1 Å². The quantitative estimate of drug-likeness (QED) is 0.642. The zero-order valence-electron chi connectivity index (χ0n) is 12.4. The maximum atomic E-state index is 11.4. The number of amides is 1. The van der Waals surface area contributed by atoms with Gasteiger partial charge < -0.3 is 15.4 Å². The van der Waals surface area contributed by atoms with E-state index in [1.54, 1.807) is 13.2 Å². The highest BCUT2D eigenvalue weighted by molar-refractivity contribution is 5.95. The van der Waals surface area contributed by atoms with Crippen molar-refractivity contribution in [1.82, 2.24) is 0 Å². The van der Waals surface area contributed by atoms with E-state index < -0.39 is 10.5 Å². The van der Waals surface area contributed by atoms with Gasteiger partial charge >= 0.3 is 0 Å². The van der Waals surface area contributed by atoms with Crippen molar-refractivity contribution in [1.29, 1.82) is 0 Å². The number of nitro groups is 1. The van der Waals surface area contributed by atoms with Gasteiger partial charge in [0.2, 0.25) is 5.91 Å². The number of aryl methyl sites for hydroxylation is 1. The van der Waals surface area contributed by atoms with E-state index in [4.69, 9.17) is 4.74 Å². The molecule has 0 spiro atoms. The van der Waals surface area contributed by atoms with E-state index in [0.29, 0.717) is 30.8 Å². The highest BCUT2D eigenvalue weighted by atomic mass is 16.6. The van der Waals surface area contributed by atoms with Gasteiger partial charge in [-0.05, 0) is 31.9 Å². The summed E-state index contributed by atoms with van der Waals surface area (Å²) in [6.07, 6.45) is 0.976. The van der Waals surface area contributed by atoms with Gasteiger partial charge in [0.1, 0.15) is 5.69 Å². The van der Waals surface area contributed by atoms with Crippen LogP contribution in [0.4, 0.5) is 17.1 Å². The number of fused-ring (bicyclic) bond motifs is 1. The highest BCUT2D eigenvalue weighted by Crippen LogP contribution is 2.35. The first-order valence-electron chi connectivity index (χ1n) is 6.71. The first-order chi connectivity index (χ1) is 9.82. The monoisotopic (exact) mass is 293 g/mol. The fourth-order valence-corrected chi connectivity index (χ4v) is 2.43. The number of nitrogens with one attached hydrogen (secondary N) is 2. The molecule has 21 heavy (non-hydrogen) atoms. The molecule has 1 aromatic rings. The first kappa shape index (κ1) is 15.2. The van der Waals surface area contributed by atoms with Crippen LogP contribution in [0, 0.1) is 10.1 Å². The van der Waals surface area contributed by atoms with Crippen molar-refractivity contribution in [2.75, 3.05) is 24.4 Å². The molecule has 1 amide bonds. The lowest BCUT2D eigenvalue weighted by atomic mass is 9.99. The zero-order chi connectivity index (χ0) is 15.6. The molecule has 7 heteroatoms. The lowest BCUT2D eigenvalue weighted by molar-refractivity contribution is -0.383. The van der Waals surface area contributed by atoms with Crippen LogP contribution in [0.5, 0.6) is 0 Å². The first-order valence-corrected chi connectivity index (χ1v) is 6.71. The van der Waals surface area contributed by atoms with Crippen molar-refractivity contribution in [3.63, 3.8) is 0 Å². The average Bonchev–Trinajstić information content (AvgIpc) is 2.37. The molecule has 2 N–H and O–H groups in total. The summed E-state index contributed by atoms with van der Waals surface area (Å²) >= 11 is 0. The van der Waals surface area contributed by atoms with E-state index >= 15 is 0 Å². The zero-order valence-corrected chi connectivity index (χ0v) is 12.4. The van der Waals surface area contributed by atoms with E-state index in [0.717, 1.165) is 5.56 Å². The second-order valence-electron chi connectivity index (χ2n) is 5.77. The van der Waals surface area contributed by atoms with Gasteiger partial charge in [-0.1, -0.05) is 0 Å². The van der Waals surface area contributed by atoms with Crippen LogP contribution in [0.3, 0.4) is 0 Å². The van der Waals surface area contributed by atoms with Crippen molar-refractivity contribution in [2.45, 2.75) is 32.2 Å². The number of ether oxygens (including phenoxy) is 1. The summed E-state index contributed by atoms with van der Waals surface area (Å²) in [6, 6.07) is 3.15. The summed E-state index contributed by atoms with van der Waals surface area (Å²) in [5.41, 5.74) is 1.37. The molecular formula is C14H19N3O4. The number of hydrogen-bond acceptors (Lipinski definition) is 5. The number of nitro benzene ring substituents is 1. The maximum Gasteiger partial charge on any atom is 0.294 e. The van der Waals surface area contributed by atoms with Crippen molar-refractivity contribution >= 4 is 23.0 Å². The number of anilines is 2. The summed E-state index contributed by atoms with van der Waals surface area (Å²) in [5.74, 6) is -0.114. The minimum Gasteiger partial charge on any atom is -0.382 e. The molecule has 1 heterocycles. The Bertz CT molecular complexity index is 584. The third-order valence-electron chi connectivity index (χ3n) is 3.29. The molecule has 2 rings (SSSR count). The lowest BCUT2D eigenvalue weighted by Gasteiger charge is -2.27. The van der Waals surface area contributed by atoms with Gasteiger partial charge in [0.05, 0.1) is 22.8 Å². The number of methoxy groups -OCH3 is 1. The Morgan fingerprint density at radius 3 is 2.76 bits per heavy atom. The van der Waals surface area contributed by atoms with Crippen LogP contribution >= 0.6 is 0 Å². The maximum absolute atomic E-state index is 11.4. The van der Waals surface area contributed by atoms with Crippen molar-refractivity contribution in [2.24, 2.45) is 0 Å². The number of nitrogens with zero attached hydrogens (tertiary/aromatic N) is 1. The smallest absolute Gasteiger partial charge is 0.294 e. The second-order valence-corrected chi connectivity index (χ2v) is 5.77. The van der Waals surface area contributed by atoms with E-state index in [2.05, 4.69) is 10.6 Å². The normalized spacial score (nSPS) is 14.3. The Kier molecular flexibility index (Phi) is 4.13. The summed E-state index contributed by atoms with van der Waals surface area (Å²) in [4.78, 5) is 22.2. The van der Waals surface area contributed by atoms with E-state index in [1.165, 1.54) is 6.07 Å². The fraction of sp³-hybridized carbons (Fsp3) is 0.500. The SMILES string of the molecule is COCC(C)(C)Nc1cc2c(cc1[N+](=O)[O-])NC(=O)CC2. The summed E-state index contributed by atoms with van der Waals surface area (Å²) in [6.45, 7) is 4.22. The largest absolute Gasteiger partial charge is 0.382 e. The molecule has 0 aliphatic carbocycles. The standard InChI is InChI=1S/C14H19N3O4/c1-14(2,8-21-3)16-11-6-9-4-5-13(18)15-10(9)7-12(11)17(19)20/h6-7,16H,4-5,8H2,1-3H3,(H,15,18). The Balaban J connectivity index is 2.40. The predicted octanol–water partition coefficient (Wildman–Crippen LogP) is 2.32. The average molecular weight is 293 g/mol. The molecule has 0 unspecified atom stereocenters. The molecule has 0 bridgehead atoms. The molecule has 0 saturated carbocycles. The Morgan fingerprint density at radius 1 is 1.43 bits per heavy atom. The topological polar surface area (TPSA) is 93.5 Å². The molecule has 1 aliphatic heterocycles. The minimum atomic E-state index is -0.452. The molecule has 0 fully saturated rings. The number of hydrogen-bond donors (Lipinski definition) is 2. The number of benzene rings is 1. The molecule has 0 saturated heterocycles. The van der Waals surface area contributed by atoms with E-state index in [1.807, 2.05) is 13.8 Å². The molecule has 0 aromatic heterocycles. The number of carbonyl (C=O) groups is 1. The molecule has 114 valence electrons. The highest BCUT2D eigenvalue weighted by Gasteiger charge is 2.26. The van der Waals surface area contributed by atoms with Gasteiger partial charge in [0, 0.05) is 19.6 Å². The second kappa shape index (κ2) is 5.69. The summed E-state index contributed by atoms with van der Waals surface area (Å²) in [7, 11) is 1.58. The predicted molar refractivity (Wildman–Crippen MR) is 79.6 cm³/mol.